The maximum Gasteiger partial charge on any atom is 0.339 e. The third-order valence-electron chi connectivity index (χ3n) is 13.6. The van der Waals surface area contributed by atoms with E-state index in [2.05, 4.69) is 20.8 Å². The van der Waals surface area contributed by atoms with Crippen molar-refractivity contribution < 1.29 is 38.8 Å². The lowest BCUT2D eigenvalue weighted by molar-refractivity contribution is -0.164. The number of fused-ring (bicyclic) bond motifs is 5. The largest absolute Gasteiger partial charge is 0.505 e. The van der Waals surface area contributed by atoms with Crippen LogP contribution < -0.4 is 0 Å². The Labute approximate surface area is 296 Å². The zero-order valence-corrected chi connectivity index (χ0v) is 29.8. The van der Waals surface area contributed by atoms with E-state index in [1.165, 1.54) is 30.7 Å². The van der Waals surface area contributed by atoms with Crippen LogP contribution in [0.15, 0.2) is 30.3 Å². The molecular formula is C39H46Cl2F2O6. The van der Waals surface area contributed by atoms with Crippen LogP contribution in [-0.2, 0) is 0 Å². The number of carboxylic acids is 2. The molecule has 4 aliphatic rings. The first-order valence-electron chi connectivity index (χ1n) is 17.6. The van der Waals surface area contributed by atoms with Crippen molar-refractivity contribution in [2.24, 2.45) is 46.3 Å². The van der Waals surface area contributed by atoms with Gasteiger partial charge in [0.2, 0.25) is 5.92 Å². The lowest BCUT2D eigenvalue weighted by Crippen LogP contribution is -2.55. The summed E-state index contributed by atoms with van der Waals surface area (Å²) in [6, 6.07) is 5.46. The minimum Gasteiger partial charge on any atom is -0.505 e. The highest BCUT2D eigenvalue weighted by molar-refractivity contribution is 6.33. The molecule has 0 aliphatic heterocycles. The van der Waals surface area contributed by atoms with Gasteiger partial charge in [0, 0.05) is 12.8 Å². The number of alkyl halides is 2. The summed E-state index contributed by atoms with van der Waals surface area (Å²) in [5.74, 6) is -3.73. The van der Waals surface area contributed by atoms with Crippen molar-refractivity contribution in [3.05, 3.63) is 62.6 Å². The summed E-state index contributed by atoms with van der Waals surface area (Å²) in [6.07, 6.45) is 10.5. The van der Waals surface area contributed by atoms with Gasteiger partial charge in [-0.2, -0.15) is 0 Å². The van der Waals surface area contributed by atoms with Crippen molar-refractivity contribution in [2.45, 2.75) is 97.3 Å². The smallest absolute Gasteiger partial charge is 0.339 e. The van der Waals surface area contributed by atoms with E-state index in [1.807, 2.05) is 6.08 Å². The first kappa shape index (κ1) is 36.0. The molecule has 0 amide bonds. The molecule has 49 heavy (non-hydrogen) atoms. The highest BCUT2D eigenvalue weighted by Crippen LogP contribution is 2.69. The molecular weight excluding hydrogens is 673 g/mol. The van der Waals surface area contributed by atoms with E-state index in [4.69, 9.17) is 23.2 Å². The van der Waals surface area contributed by atoms with Crippen molar-refractivity contribution in [1.29, 1.82) is 0 Å². The van der Waals surface area contributed by atoms with Gasteiger partial charge in [0.05, 0.1) is 10.0 Å². The summed E-state index contributed by atoms with van der Waals surface area (Å²) >= 11 is 12.5. The fraction of sp³-hybridized carbons (Fsp3) is 0.590. The zero-order valence-electron chi connectivity index (χ0n) is 28.2. The van der Waals surface area contributed by atoms with Crippen LogP contribution in [0.3, 0.4) is 0 Å². The Morgan fingerprint density at radius 2 is 1.41 bits per heavy atom. The van der Waals surface area contributed by atoms with Crippen molar-refractivity contribution in [2.75, 3.05) is 0 Å². The average molecular weight is 720 g/mol. The summed E-state index contributed by atoms with van der Waals surface area (Å²) in [7, 11) is 0. The molecule has 4 aliphatic carbocycles. The predicted molar refractivity (Wildman–Crippen MR) is 186 cm³/mol. The number of carbonyl (C=O) groups is 2. The molecule has 4 fully saturated rings. The van der Waals surface area contributed by atoms with E-state index < -0.39 is 40.5 Å². The van der Waals surface area contributed by atoms with E-state index in [9.17, 15) is 38.8 Å². The summed E-state index contributed by atoms with van der Waals surface area (Å²) in [5, 5.41) is 39.7. The lowest BCUT2D eigenvalue weighted by Gasteiger charge is -2.61. The number of hydrogen-bond acceptors (Lipinski definition) is 4. The molecule has 4 N–H and O–H groups in total. The number of aromatic hydroxyl groups is 2. The molecule has 6 rings (SSSR count). The van der Waals surface area contributed by atoms with Gasteiger partial charge in [0.25, 0.3) is 0 Å². The van der Waals surface area contributed by atoms with Crippen LogP contribution in [0.2, 0.25) is 10.0 Å². The number of carboxylic acid groups (broad SMARTS) is 2. The first-order valence-corrected chi connectivity index (χ1v) is 18.3. The number of halogens is 4. The van der Waals surface area contributed by atoms with Crippen molar-refractivity contribution in [1.82, 2.24) is 0 Å². The second kappa shape index (κ2) is 13.0. The molecule has 0 aromatic heterocycles. The van der Waals surface area contributed by atoms with E-state index >= 15 is 0 Å². The van der Waals surface area contributed by atoms with Crippen LogP contribution in [0.25, 0.3) is 5.57 Å². The van der Waals surface area contributed by atoms with Crippen LogP contribution in [0.5, 0.6) is 11.5 Å². The minimum atomic E-state index is -2.53. The van der Waals surface area contributed by atoms with Gasteiger partial charge in [-0.25, -0.2) is 18.4 Å². The SMILES string of the molecule is CC(CCC=C(c1cc(Cl)c(O)c(C(=O)O)c1)c1cc(Cl)c(O)c(C(=O)O)c1)C1CCC2C3CCC4CC(F)(F)CCC4(C)C3CCC12C. The normalized spacial score (nSPS) is 32.3. The van der Waals surface area contributed by atoms with E-state index in [-0.39, 0.29) is 39.6 Å². The van der Waals surface area contributed by atoms with E-state index in [0.29, 0.717) is 59.1 Å². The molecule has 0 spiro atoms. The number of rotatable bonds is 8. The highest BCUT2D eigenvalue weighted by Gasteiger charge is 2.62. The Kier molecular flexibility index (Phi) is 9.58. The average Bonchev–Trinajstić information content (AvgIpc) is 3.39. The van der Waals surface area contributed by atoms with Crippen LogP contribution in [-0.4, -0.2) is 38.3 Å². The maximum absolute atomic E-state index is 14.4. The number of aromatic carboxylic acids is 2. The number of allylic oxidation sites excluding steroid dienone is 1. The maximum atomic E-state index is 14.4. The van der Waals surface area contributed by atoms with Crippen LogP contribution >= 0.6 is 23.2 Å². The molecule has 0 saturated heterocycles. The summed E-state index contributed by atoms with van der Waals surface area (Å²) < 4.78 is 28.8. The molecule has 0 radical (unpaired) electrons. The van der Waals surface area contributed by atoms with Crippen molar-refractivity contribution >= 4 is 40.7 Å². The van der Waals surface area contributed by atoms with Gasteiger partial charge in [0.15, 0.2) is 0 Å². The monoisotopic (exact) mass is 718 g/mol. The van der Waals surface area contributed by atoms with E-state index in [0.717, 1.165) is 38.5 Å². The highest BCUT2D eigenvalue weighted by atomic mass is 35.5. The fourth-order valence-electron chi connectivity index (χ4n) is 11.1. The lowest BCUT2D eigenvalue weighted by atomic mass is 9.44. The van der Waals surface area contributed by atoms with Gasteiger partial charge < -0.3 is 20.4 Å². The van der Waals surface area contributed by atoms with Gasteiger partial charge >= 0.3 is 11.9 Å². The van der Waals surface area contributed by atoms with Gasteiger partial charge in [0.1, 0.15) is 22.6 Å². The molecule has 0 bridgehead atoms. The number of hydrogen-bond donors (Lipinski definition) is 4. The second-order valence-corrected chi connectivity index (χ2v) is 16.8. The molecule has 266 valence electrons. The Hall–Kier alpha value is -2.84. The van der Waals surface area contributed by atoms with Crippen LogP contribution in [0.4, 0.5) is 8.78 Å². The Bertz CT molecular complexity index is 1620. The molecule has 2 aromatic rings. The van der Waals surface area contributed by atoms with Gasteiger partial charge in [-0.1, -0.05) is 50.0 Å². The number of benzene rings is 2. The van der Waals surface area contributed by atoms with Gasteiger partial charge in [-0.3, -0.25) is 0 Å². The van der Waals surface area contributed by atoms with Gasteiger partial charge in [-0.15, -0.1) is 0 Å². The quantitative estimate of drug-likeness (QED) is 0.216. The molecule has 6 nitrogen and oxygen atoms in total. The summed E-state index contributed by atoms with van der Waals surface area (Å²) in [5.41, 5.74) is 0.609. The molecule has 8 atom stereocenters. The Balaban J connectivity index is 1.25. The van der Waals surface area contributed by atoms with Crippen LogP contribution in [0, 0.1) is 46.3 Å². The molecule has 0 heterocycles. The fourth-order valence-corrected chi connectivity index (χ4v) is 11.5. The van der Waals surface area contributed by atoms with Crippen molar-refractivity contribution in [3.63, 3.8) is 0 Å². The van der Waals surface area contributed by atoms with Gasteiger partial charge in [-0.05, 0) is 145 Å². The molecule has 2 aromatic carbocycles. The topological polar surface area (TPSA) is 115 Å². The zero-order chi connectivity index (χ0) is 35.6. The van der Waals surface area contributed by atoms with E-state index in [1.54, 1.807) is 0 Å². The minimum absolute atomic E-state index is 0.00603. The Morgan fingerprint density at radius 1 is 0.837 bits per heavy atom. The third-order valence-corrected chi connectivity index (χ3v) is 14.2. The molecule has 4 saturated carbocycles. The second-order valence-electron chi connectivity index (χ2n) is 15.9. The third kappa shape index (κ3) is 6.34. The Morgan fingerprint density at radius 3 is 1.98 bits per heavy atom. The van der Waals surface area contributed by atoms with Crippen LogP contribution in [0.1, 0.15) is 123 Å². The molecule has 8 unspecified atom stereocenters. The standard InChI is InChI=1S/C39H46Cl2F2O6/c1-20(28-9-10-29-25-8-7-23-19-39(42,43)14-13-37(23,2)30(25)11-12-38(28,29)3)5-4-6-24(21-15-26(35(46)47)33(44)31(40)17-21)22-16-27(36(48)49)34(45)32(41)18-22/h6,15-18,20,23,25,28-30,44-45H,4-5,7-14,19H2,1-3H3,(H,46,47)(H,48,49). The van der Waals surface area contributed by atoms with Crippen molar-refractivity contribution in [3.8, 4) is 11.5 Å². The summed E-state index contributed by atoms with van der Waals surface area (Å²) in [4.78, 5) is 23.8. The first-order chi connectivity index (χ1) is 23.0. The molecule has 10 heteroatoms. The number of phenols is 2. The summed E-state index contributed by atoms with van der Waals surface area (Å²) in [6.45, 7) is 7.07. The predicted octanol–water partition coefficient (Wildman–Crippen LogP) is 10.9.